The van der Waals surface area contributed by atoms with Crippen molar-refractivity contribution >= 4 is 11.3 Å². The number of aryl methyl sites for hydroxylation is 2. The molecular weight excluding hydrogens is 228 g/mol. The maximum atomic E-state index is 10.1. The molecule has 0 aliphatic heterocycles. The predicted molar refractivity (Wildman–Crippen MR) is 73.4 cm³/mol. The van der Waals surface area contributed by atoms with Crippen molar-refractivity contribution in [1.29, 1.82) is 0 Å². The molecule has 1 aromatic heterocycles. The molecule has 0 fully saturated rings. The predicted octanol–water partition coefficient (Wildman–Crippen LogP) is 4.11. The van der Waals surface area contributed by atoms with Crippen molar-refractivity contribution in [3.05, 3.63) is 57.8 Å². The minimum absolute atomic E-state index is 0.301. The van der Waals surface area contributed by atoms with Gasteiger partial charge < -0.3 is 5.11 Å². The highest BCUT2D eigenvalue weighted by Gasteiger charge is 2.10. The summed E-state index contributed by atoms with van der Waals surface area (Å²) >= 11 is 1.66. The van der Waals surface area contributed by atoms with Gasteiger partial charge in [0.2, 0.25) is 0 Å². The smallest absolute Gasteiger partial charge is 0.0800 e. The van der Waals surface area contributed by atoms with Crippen LogP contribution in [-0.4, -0.2) is 5.11 Å². The van der Waals surface area contributed by atoms with E-state index in [1.165, 1.54) is 11.1 Å². The van der Waals surface area contributed by atoms with Crippen LogP contribution in [0.3, 0.4) is 0 Å². The highest BCUT2D eigenvalue weighted by atomic mass is 32.1. The summed E-state index contributed by atoms with van der Waals surface area (Å²) in [6.07, 6.45) is 2.61. The van der Waals surface area contributed by atoms with Crippen LogP contribution < -0.4 is 0 Å². The van der Waals surface area contributed by atoms with Crippen LogP contribution in [0.15, 0.2) is 41.1 Å². The van der Waals surface area contributed by atoms with Crippen molar-refractivity contribution in [3.8, 4) is 0 Å². The molecule has 0 radical (unpaired) electrons. The fourth-order valence-corrected chi connectivity index (χ4v) is 2.91. The van der Waals surface area contributed by atoms with Crippen LogP contribution >= 0.6 is 11.3 Å². The lowest BCUT2D eigenvalue weighted by atomic mass is 10.0. The molecule has 0 bridgehead atoms. The van der Waals surface area contributed by atoms with Crippen molar-refractivity contribution in [2.24, 2.45) is 0 Å². The van der Waals surface area contributed by atoms with Gasteiger partial charge in [0.15, 0.2) is 0 Å². The highest BCUT2D eigenvalue weighted by Crippen LogP contribution is 2.25. The first kappa shape index (κ1) is 12.3. The van der Waals surface area contributed by atoms with Gasteiger partial charge in [-0.25, -0.2) is 0 Å². The zero-order chi connectivity index (χ0) is 12.1. The second kappa shape index (κ2) is 5.99. The molecule has 1 aromatic carbocycles. The van der Waals surface area contributed by atoms with E-state index in [-0.39, 0.29) is 6.10 Å². The molecule has 0 aliphatic rings. The monoisotopic (exact) mass is 246 g/mol. The van der Waals surface area contributed by atoms with E-state index in [9.17, 15) is 5.11 Å². The number of thiophene rings is 1. The first-order valence-corrected chi connectivity index (χ1v) is 6.96. The van der Waals surface area contributed by atoms with E-state index in [1.807, 2.05) is 6.07 Å². The van der Waals surface area contributed by atoms with Gasteiger partial charge in [-0.1, -0.05) is 30.3 Å². The Morgan fingerprint density at radius 3 is 2.59 bits per heavy atom. The standard InChI is InChI=1S/C15H18OS/c1-12-10-17-11-14(12)15(16)9-5-8-13-6-3-2-4-7-13/h2-4,6-7,10-11,15-16H,5,8-9H2,1H3. The summed E-state index contributed by atoms with van der Waals surface area (Å²) in [6, 6.07) is 10.4. The molecule has 2 aromatic rings. The molecule has 2 heteroatoms. The molecule has 0 aliphatic carbocycles. The van der Waals surface area contributed by atoms with Crippen LogP contribution in [0.4, 0.5) is 0 Å². The Bertz CT molecular complexity index is 447. The van der Waals surface area contributed by atoms with Gasteiger partial charge in [-0.3, -0.25) is 0 Å². The third kappa shape index (κ3) is 3.42. The molecule has 0 spiro atoms. The summed E-state index contributed by atoms with van der Waals surface area (Å²) in [5.74, 6) is 0. The molecule has 0 saturated heterocycles. The zero-order valence-electron chi connectivity index (χ0n) is 10.1. The van der Waals surface area contributed by atoms with Gasteiger partial charge in [-0.05, 0) is 53.6 Å². The molecule has 1 atom stereocenters. The first-order chi connectivity index (χ1) is 8.27. The van der Waals surface area contributed by atoms with Gasteiger partial charge in [0, 0.05) is 0 Å². The summed E-state index contributed by atoms with van der Waals surface area (Å²) in [6.45, 7) is 2.06. The van der Waals surface area contributed by atoms with Crippen LogP contribution in [0.1, 0.15) is 35.6 Å². The topological polar surface area (TPSA) is 20.2 Å². The van der Waals surface area contributed by atoms with Crippen molar-refractivity contribution < 1.29 is 5.11 Å². The third-order valence-corrected chi connectivity index (χ3v) is 3.92. The van der Waals surface area contributed by atoms with Crippen LogP contribution in [0, 0.1) is 6.92 Å². The van der Waals surface area contributed by atoms with Crippen LogP contribution in [0.25, 0.3) is 0 Å². The second-order valence-corrected chi connectivity index (χ2v) is 5.15. The Hall–Kier alpha value is -1.12. The minimum atomic E-state index is -0.301. The quantitative estimate of drug-likeness (QED) is 0.841. The lowest BCUT2D eigenvalue weighted by Gasteiger charge is -2.10. The van der Waals surface area contributed by atoms with Crippen LogP contribution in [-0.2, 0) is 6.42 Å². The Labute approximate surface area is 107 Å². The molecule has 0 amide bonds. The van der Waals surface area contributed by atoms with E-state index >= 15 is 0 Å². The van der Waals surface area contributed by atoms with E-state index in [2.05, 4.69) is 41.9 Å². The summed E-state index contributed by atoms with van der Waals surface area (Å²) in [5, 5.41) is 14.2. The Kier molecular flexibility index (Phi) is 4.35. The number of hydrogen-bond acceptors (Lipinski definition) is 2. The van der Waals surface area contributed by atoms with Crippen molar-refractivity contribution in [2.75, 3.05) is 0 Å². The van der Waals surface area contributed by atoms with Crippen LogP contribution in [0.5, 0.6) is 0 Å². The number of aliphatic hydroxyl groups excluding tert-OH is 1. The normalized spacial score (nSPS) is 12.6. The largest absolute Gasteiger partial charge is 0.388 e. The van der Waals surface area contributed by atoms with Crippen molar-refractivity contribution in [2.45, 2.75) is 32.3 Å². The maximum Gasteiger partial charge on any atom is 0.0800 e. The Balaban J connectivity index is 1.81. The van der Waals surface area contributed by atoms with Gasteiger partial charge in [0.05, 0.1) is 6.10 Å². The molecule has 90 valence electrons. The summed E-state index contributed by atoms with van der Waals surface area (Å²) in [5.41, 5.74) is 3.66. The van der Waals surface area contributed by atoms with Gasteiger partial charge in [-0.15, -0.1) is 0 Å². The SMILES string of the molecule is Cc1cscc1C(O)CCCc1ccccc1. The number of benzene rings is 1. The summed E-state index contributed by atoms with van der Waals surface area (Å²) in [4.78, 5) is 0. The fourth-order valence-electron chi connectivity index (χ4n) is 2.01. The number of hydrogen-bond donors (Lipinski definition) is 1. The fraction of sp³-hybridized carbons (Fsp3) is 0.333. The number of aliphatic hydroxyl groups is 1. The molecule has 1 N–H and O–H groups in total. The summed E-state index contributed by atoms with van der Waals surface area (Å²) in [7, 11) is 0. The summed E-state index contributed by atoms with van der Waals surface area (Å²) < 4.78 is 0. The van der Waals surface area contributed by atoms with Crippen molar-refractivity contribution in [3.63, 3.8) is 0 Å². The molecule has 17 heavy (non-hydrogen) atoms. The molecular formula is C15H18OS. The number of rotatable bonds is 5. The van der Waals surface area contributed by atoms with Gasteiger partial charge in [-0.2, -0.15) is 11.3 Å². The van der Waals surface area contributed by atoms with Crippen LogP contribution in [0.2, 0.25) is 0 Å². The zero-order valence-corrected chi connectivity index (χ0v) is 10.9. The Morgan fingerprint density at radius 2 is 1.94 bits per heavy atom. The van der Waals surface area contributed by atoms with E-state index < -0.39 is 0 Å². The van der Waals surface area contributed by atoms with E-state index in [0.717, 1.165) is 24.8 Å². The minimum Gasteiger partial charge on any atom is -0.388 e. The highest BCUT2D eigenvalue weighted by molar-refractivity contribution is 7.08. The van der Waals surface area contributed by atoms with E-state index in [0.29, 0.717) is 0 Å². The molecule has 1 nitrogen and oxygen atoms in total. The van der Waals surface area contributed by atoms with Crippen molar-refractivity contribution in [1.82, 2.24) is 0 Å². The van der Waals surface area contributed by atoms with Gasteiger partial charge >= 0.3 is 0 Å². The third-order valence-electron chi connectivity index (χ3n) is 3.04. The van der Waals surface area contributed by atoms with E-state index in [4.69, 9.17) is 0 Å². The second-order valence-electron chi connectivity index (χ2n) is 4.40. The Morgan fingerprint density at radius 1 is 1.18 bits per heavy atom. The van der Waals surface area contributed by atoms with Gasteiger partial charge in [0.25, 0.3) is 0 Å². The molecule has 1 unspecified atom stereocenters. The van der Waals surface area contributed by atoms with E-state index in [1.54, 1.807) is 11.3 Å². The molecule has 2 rings (SSSR count). The average molecular weight is 246 g/mol. The first-order valence-electron chi connectivity index (χ1n) is 6.02. The lowest BCUT2D eigenvalue weighted by Crippen LogP contribution is -1.98. The lowest BCUT2D eigenvalue weighted by molar-refractivity contribution is 0.164. The average Bonchev–Trinajstić information content (AvgIpc) is 2.77. The molecule has 1 heterocycles. The molecule has 0 saturated carbocycles. The van der Waals surface area contributed by atoms with Gasteiger partial charge in [0.1, 0.15) is 0 Å². The maximum absolute atomic E-state index is 10.1.